The Bertz CT molecular complexity index is 988. The van der Waals surface area contributed by atoms with E-state index in [4.69, 9.17) is 9.47 Å². The van der Waals surface area contributed by atoms with E-state index in [1.807, 2.05) is 18.7 Å². The normalized spacial score (nSPS) is 19.6. The minimum atomic E-state index is -1.02. The fourth-order valence-electron chi connectivity index (χ4n) is 5.51. The molecule has 1 saturated heterocycles. The minimum absolute atomic E-state index is 0.0484. The molecule has 1 aromatic carbocycles. The average Bonchev–Trinajstić information content (AvgIpc) is 2.87. The summed E-state index contributed by atoms with van der Waals surface area (Å²) in [6, 6.07) is 3.80. The number of ether oxygens (including phenoxy) is 3. The number of anilines is 1. The second kappa shape index (κ2) is 11.4. The van der Waals surface area contributed by atoms with Crippen LogP contribution in [0.4, 0.5) is 10.5 Å². The topological polar surface area (TPSA) is 97.4 Å². The number of carbonyl (C=O) groups is 3. The van der Waals surface area contributed by atoms with Gasteiger partial charge in [0.1, 0.15) is 5.75 Å². The first-order valence-electron chi connectivity index (χ1n) is 12.8. The highest BCUT2D eigenvalue weighted by molar-refractivity contribution is 9.10. The van der Waals surface area contributed by atoms with Crippen LogP contribution in [0.15, 0.2) is 16.6 Å². The fraction of sp³-hybridized carbons (Fsp3) is 0.654. The minimum Gasteiger partial charge on any atom is -0.475 e. The first-order valence-corrected chi connectivity index (χ1v) is 13.6. The highest BCUT2D eigenvalue weighted by Crippen LogP contribution is 2.44. The second-order valence-corrected chi connectivity index (χ2v) is 10.8. The van der Waals surface area contributed by atoms with Crippen molar-refractivity contribution >= 4 is 39.5 Å². The summed E-state index contributed by atoms with van der Waals surface area (Å²) in [6.07, 6.45) is 5.78. The molecule has 3 amide bonds. The maximum absolute atomic E-state index is 13.9. The van der Waals surface area contributed by atoms with Gasteiger partial charge in [0.15, 0.2) is 5.60 Å². The molecule has 198 valence electrons. The molecule has 0 atom stereocenters. The molecular weight excluding hydrogens is 530 g/mol. The summed E-state index contributed by atoms with van der Waals surface area (Å²) >= 11 is 3.62. The molecule has 2 heterocycles. The number of hydrogen-bond donors (Lipinski definition) is 1. The van der Waals surface area contributed by atoms with Gasteiger partial charge in [0.2, 0.25) is 0 Å². The number of amides is 3. The first-order chi connectivity index (χ1) is 17.3. The van der Waals surface area contributed by atoms with Gasteiger partial charge in [-0.15, -0.1) is 0 Å². The predicted molar refractivity (Wildman–Crippen MR) is 138 cm³/mol. The summed E-state index contributed by atoms with van der Waals surface area (Å²) in [4.78, 5) is 42.9. The number of alkyl carbamates (subject to hydrolysis) is 1. The van der Waals surface area contributed by atoms with Gasteiger partial charge in [0.05, 0.1) is 31.6 Å². The van der Waals surface area contributed by atoms with E-state index in [9.17, 15) is 14.4 Å². The van der Waals surface area contributed by atoms with E-state index in [1.165, 1.54) is 13.5 Å². The lowest BCUT2D eigenvalue weighted by atomic mass is 9.89. The van der Waals surface area contributed by atoms with Gasteiger partial charge in [-0.1, -0.05) is 19.3 Å². The monoisotopic (exact) mass is 565 g/mol. The molecule has 0 bridgehead atoms. The first kappa shape index (κ1) is 26.7. The van der Waals surface area contributed by atoms with Crippen LogP contribution in [-0.4, -0.2) is 73.9 Å². The predicted octanol–water partition coefficient (Wildman–Crippen LogP) is 4.26. The van der Waals surface area contributed by atoms with E-state index >= 15 is 0 Å². The zero-order chi connectivity index (χ0) is 25.9. The van der Waals surface area contributed by atoms with Crippen LogP contribution >= 0.6 is 15.9 Å². The highest BCUT2D eigenvalue weighted by atomic mass is 79.9. The number of rotatable bonds is 6. The smallest absolute Gasteiger partial charge is 0.406 e. The molecule has 36 heavy (non-hydrogen) atoms. The Morgan fingerprint density at radius 1 is 1.22 bits per heavy atom. The lowest BCUT2D eigenvalue weighted by Crippen LogP contribution is -2.59. The number of nitrogens with one attached hydrogen (secondary N) is 1. The number of carbonyl (C=O) groups excluding carboxylic acids is 3. The van der Waals surface area contributed by atoms with Crippen LogP contribution < -0.4 is 15.0 Å². The zero-order valence-electron chi connectivity index (χ0n) is 21.3. The van der Waals surface area contributed by atoms with Crippen molar-refractivity contribution in [2.24, 2.45) is 0 Å². The summed E-state index contributed by atoms with van der Waals surface area (Å²) in [6.45, 7) is 5.37. The number of nitrogens with zero attached hydrogens (tertiary/aromatic N) is 2. The Balaban J connectivity index is 1.69. The van der Waals surface area contributed by atoms with E-state index in [2.05, 4.69) is 26.0 Å². The summed E-state index contributed by atoms with van der Waals surface area (Å²) < 4.78 is 17.1. The lowest BCUT2D eigenvalue weighted by molar-refractivity contribution is -0.144. The van der Waals surface area contributed by atoms with Crippen LogP contribution in [-0.2, 0) is 14.3 Å². The Morgan fingerprint density at radius 3 is 2.56 bits per heavy atom. The van der Waals surface area contributed by atoms with Crippen molar-refractivity contribution in [3.63, 3.8) is 0 Å². The zero-order valence-corrected chi connectivity index (χ0v) is 22.9. The summed E-state index contributed by atoms with van der Waals surface area (Å²) in [5, 5.41) is 2.64. The Hall–Kier alpha value is -2.33. The largest absolute Gasteiger partial charge is 0.475 e. The van der Waals surface area contributed by atoms with Crippen molar-refractivity contribution in [1.82, 2.24) is 10.2 Å². The highest BCUT2D eigenvalue weighted by Gasteiger charge is 2.49. The Kier molecular flexibility index (Phi) is 8.44. The van der Waals surface area contributed by atoms with E-state index < -0.39 is 11.7 Å². The van der Waals surface area contributed by atoms with Gasteiger partial charge in [0, 0.05) is 42.5 Å². The summed E-state index contributed by atoms with van der Waals surface area (Å²) in [7, 11) is 1.30. The number of halogens is 1. The van der Waals surface area contributed by atoms with Crippen LogP contribution in [0.2, 0.25) is 0 Å². The fourth-order valence-corrected chi connectivity index (χ4v) is 6.00. The molecule has 10 heteroatoms. The van der Waals surface area contributed by atoms with E-state index in [0.29, 0.717) is 47.5 Å². The third kappa shape index (κ3) is 5.34. The van der Waals surface area contributed by atoms with E-state index in [-0.39, 0.29) is 37.0 Å². The maximum atomic E-state index is 13.9. The number of benzene rings is 1. The maximum Gasteiger partial charge on any atom is 0.406 e. The lowest BCUT2D eigenvalue weighted by Gasteiger charge is -2.44. The van der Waals surface area contributed by atoms with Gasteiger partial charge in [-0.05, 0) is 54.8 Å². The standard InChI is InChI=1S/C26H36BrN3O6/c1-17(2)30(18-7-5-4-6-8-18)23(31)19-15-21-22(16-20(19)27)36-26(9-13-35-14-10-26)24(32)29(21)12-11-28-25(33)34-3/h15-18H,4-14H2,1-3H3,(H,28,33). The molecule has 9 nitrogen and oxygen atoms in total. The molecule has 0 aromatic heterocycles. The molecule has 0 unspecified atom stereocenters. The van der Waals surface area contributed by atoms with Gasteiger partial charge in [-0.3, -0.25) is 9.59 Å². The molecule has 1 aliphatic carbocycles. The Morgan fingerprint density at radius 2 is 1.92 bits per heavy atom. The van der Waals surface area contributed by atoms with Gasteiger partial charge < -0.3 is 29.3 Å². The molecule has 1 aromatic rings. The third-order valence-electron chi connectivity index (χ3n) is 7.36. The average molecular weight is 566 g/mol. The van der Waals surface area contributed by atoms with Crippen LogP contribution in [0.5, 0.6) is 5.75 Å². The van der Waals surface area contributed by atoms with Gasteiger partial charge >= 0.3 is 6.09 Å². The molecular formula is C26H36BrN3O6. The van der Waals surface area contributed by atoms with Gasteiger partial charge in [-0.25, -0.2) is 4.79 Å². The molecule has 2 fully saturated rings. The van der Waals surface area contributed by atoms with E-state index in [0.717, 1.165) is 25.7 Å². The summed E-state index contributed by atoms with van der Waals surface area (Å²) in [5.74, 6) is 0.295. The van der Waals surface area contributed by atoms with Crippen molar-refractivity contribution < 1.29 is 28.6 Å². The molecule has 2 aliphatic heterocycles. The van der Waals surface area contributed by atoms with Gasteiger partial charge in [0.25, 0.3) is 11.8 Å². The SMILES string of the molecule is COC(=O)NCCN1C(=O)C2(CCOCC2)Oc2cc(Br)c(C(=O)N(C(C)C)C3CCCCC3)cc21. The van der Waals surface area contributed by atoms with Crippen molar-refractivity contribution in [1.29, 1.82) is 0 Å². The molecule has 1 spiro atoms. The van der Waals surface area contributed by atoms with Crippen LogP contribution in [0.25, 0.3) is 0 Å². The van der Waals surface area contributed by atoms with Gasteiger partial charge in [-0.2, -0.15) is 0 Å². The van der Waals surface area contributed by atoms with Crippen molar-refractivity contribution in [3.05, 3.63) is 22.2 Å². The summed E-state index contributed by atoms with van der Waals surface area (Å²) in [5.41, 5.74) is 0.00838. The molecule has 4 rings (SSSR count). The molecule has 1 saturated carbocycles. The number of fused-ring (bicyclic) bond motifs is 1. The van der Waals surface area contributed by atoms with Crippen molar-refractivity contribution in [2.45, 2.75) is 76.5 Å². The van der Waals surface area contributed by atoms with Crippen LogP contribution in [0, 0.1) is 0 Å². The molecule has 3 aliphatic rings. The van der Waals surface area contributed by atoms with Crippen molar-refractivity contribution in [3.8, 4) is 5.75 Å². The second-order valence-electron chi connectivity index (χ2n) is 9.98. The Labute approximate surface area is 220 Å². The quantitative estimate of drug-likeness (QED) is 0.553. The number of hydrogen-bond acceptors (Lipinski definition) is 6. The molecule has 0 radical (unpaired) electrons. The van der Waals surface area contributed by atoms with Crippen molar-refractivity contribution in [2.75, 3.05) is 38.3 Å². The van der Waals surface area contributed by atoms with Crippen LogP contribution in [0.3, 0.4) is 0 Å². The van der Waals surface area contributed by atoms with Crippen LogP contribution in [0.1, 0.15) is 69.2 Å². The third-order valence-corrected chi connectivity index (χ3v) is 8.02. The molecule has 1 N–H and O–H groups in total. The number of methoxy groups -OCH3 is 1. The van der Waals surface area contributed by atoms with E-state index in [1.54, 1.807) is 17.0 Å².